The lowest BCUT2D eigenvalue weighted by Crippen LogP contribution is -2.48. The van der Waals surface area contributed by atoms with E-state index in [1.807, 2.05) is 0 Å². The molecular weight excluding hydrogens is 422 g/mol. The van der Waals surface area contributed by atoms with Crippen molar-refractivity contribution in [1.82, 2.24) is 9.88 Å². The van der Waals surface area contributed by atoms with Crippen LogP contribution in [0.25, 0.3) is 10.2 Å². The minimum atomic E-state index is -3.26. The van der Waals surface area contributed by atoms with Gasteiger partial charge in [-0.1, -0.05) is 23.5 Å². The molecule has 0 radical (unpaired) electrons. The Hall–Kier alpha value is -2.78. The average molecular weight is 444 g/mol. The highest BCUT2D eigenvalue weighted by atomic mass is 32.2. The molecule has 0 unspecified atom stereocenters. The lowest BCUT2D eigenvalue weighted by atomic mass is 10.1. The molecule has 1 amide bonds. The van der Waals surface area contributed by atoms with Gasteiger partial charge in [0.2, 0.25) is 0 Å². The van der Waals surface area contributed by atoms with Crippen molar-refractivity contribution in [3.05, 3.63) is 53.6 Å². The van der Waals surface area contributed by atoms with Crippen LogP contribution in [0, 0.1) is 0 Å². The summed E-state index contributed by atoms with van der Waals surface area (Å²) in [6, 6.07) is 11.7. The predicted octanol–water partition coefficient (Wildman–Crippen LogP) is 2.86. The number of ketones is 1. The molecule has 1 aromatic heterocycles. The summed E-state index contributed by atoms with van der Waals surface area (Å²) in [4.78, 5) is 33.0. The van der Waals surface area contributed by atoms with Gasteiger partial charge in [0.25, 0.3) is 5.91 Å². The molecule has 1 saturated heterocycles. The molecule has 0 N–H and O–H groups in total. The van der Waals surface area contributed by atoms with Crippen LogP contribution in [-0.2, 0) is 9.84 Å². The van der Waals surface area contributed by atoms with Crippen LogP contribution in [0.5, 0.6) is 0 Å². The summed E-state index contributed by atoms with van der Waals surface area (Å²) in [6.07, 6.45) is 1.19. The number of sulfone groups is 1. The number of benzene rings is 2. The molecule has 0 bridgehead atoms. The topological polar surface area (TPSA) is 87.7 Å². The van der Waals surface area contributed by atoms with Crippen molar-refractivity contribution in [3.8, 4) is 0 Å². The van der Waals surface area contributed by atoms with Gasteiger partial charge in [0, 0.05) is 43.6 Å². The van der Waals surface area contributed by atoms with E-state index in [-0.39, 0.29) is 16.6 Å². The number of fused-ring (bicyclic) bond motifs is 1. The monoisotopic (exact) mass is 443 g/mol. The molecule has 3 aromatic rings. The number of amides is 1. The molecule has 0 spiro atoms. The number of hydrogen-bond acceptors (Lipinski definition) is 7. The summed E-state index contributed by atoms with van der Waals surface area (Å²) in [5.74, 6) is -0.0750. The SMILES string of the molecule is CC(=O)c1ccc(C(=O)N2CCN(c3nc4ccc(S(C)(=O)=O)cc4s3)CC2)cc1. The number of thiazole rings is 1. The Bertz CT molecular complexity index is 1220. The number of aromatic nitrogens is 1. The van der Waals surface area contributed by atoms with E-state index in [9.17, 15) is 18.0 Å². The molecular formula is C21H21N3O4S2. The molecule has 9 heteroatoms. The van der Waals surface area contributed by atoms with Crippen LogP contribution >= 0.6 is 11.3 Å². The Labute approximate surface area is 178 Å². The van der Waals surface area contributed by atoms with Crippen LogP contribution in [0.3, 0.4) is 0 Å². The molecule has 0 atom stereocenters. The van der Waals surface area contributed by atoms with Crippen molar-refractivity contribution in [2.45, 2.75) is 11.8 Å². The zero-order valence-corrected chi connectivity index (χ0v) is 18.3. The smallest absolute Gasteiger partial charge is 0.253 e. The van der Waals surface area contributed by atoms with Crippen molar-refractivity contribution in [2.75, 3.05) is 37.3 Å². The highest BCUT2D eigenvalue weighted by Gasteiger charge is 2.24. The maximum atomic E-state index is 12.7. The van der Waals surface area contributed by atoms with Gasteiger partial charge in [-0.05, 0) is 37.3 Å². The Morgan fingerprint density at radius 3 is 2.20 bits per heavy atom. The lowest BCUT2D eigenvalue weighted by molar-refractivity contribution is 0.0746. The summed E-state index contributed by atoms with van der Waals surface area (Å²) in [5, 5.41) is 0.827. The van der Waals surface area contributed by atoms with Crippen molar-refractivity contribution in [3.63, 3.8) is 0 Å². The first-order valence-corrected chi connectivity index (χ1v) is 12.2. The second-order valence-electron chi connectivity index (χ2n) is 7.31. The van der Waals surface area contributed by atoms with Gasteiger partial charge in [-0.2, -0.15) is 0 Å². The van der Waals surface area contributed by atoms with Crippen LogP contribution < -0.4 is 4.90 Å². The third-order valence-electron chi connectivity index (χ3n) is 5.15. The molecule has 1 fully saturated rings. The van der Waals surface area contributed by atoms with E-state index < -0.39 is 9.84 Å². The summed E-state index contributed by atoms with van der Waals surface area (Å²) >= 11 is 1.46. The molecule has 1 aliphatic heterocycles. The summed E-state index contributed by atoms with van der Waals surface area (Å²) < 4.78 is 24.4. The number of hydrogen-bond donors (Lipinski definition) is 0. The van der Waals surface area contributed by atoms with E-state index >= 15 is 0 Å². The molecule has 2 heterocycles. The minimum absolute atomic E-state index is 0.0258. The zero-order chi connectivity index (χ0) is 21.5. The van der Waals surface area contributed by atoms with E-state index in [1.54, 1.807) is 47.4 Å². The maximum absolute atomic E-state index is 12.7. The third-order valence-corrected chi connectivity index (χ3v) is 7.34. The standard InChI is InChI=1S/C21H21N3O4S2/c1-14(25)15-3-5-16(6-4-15)20(26)23-9-11-24(12-10-23)21-22-18-8-7-17(30(2,27)28)13-19(18)29-21/h3-8,13H,9-12H2,1-2H3. The van der Waals surface area contributed by atoms with Crippen LogP contribution in [0.2, 0.25) is 0 Å². The molecule has 30 heavy (non-hydrogen) atoms. The van der Waals surface area contributed by atoms with E-state index in [0.717, 1.165) is 15.3 Å². The first kappa shape index (κ1) is 20.5. The van der Waals surface area contributed by atoms with Crippen molar-refractivity contribution in [2.24, 2.45) is 0 Å². The number of piperazine rings is 1. The van der Waals surface area contributed by atoms with Crippen LogP contribution in [0.4, 0.5) is 5.13 Å². The second-order valence-corrected chi connectivity index (χ2v) is 10.3. The van der Waals surface area contributed by atoms with E-state index in [2.05, 4.69) is 9.88 Å². The Morgan fingerprint density at radius 1 is 0.967 bits per heavy atom. The summed E-state index contributed by atoms with van der Waals surface area (Å²) in [5.41, 5.74) is 1.93. The Kier molecular flexibility index (Phi) is 5.33. The highest BCUT2D eigenvalue weighted by molar-refractivity contribution is 7.90. The van der Waals surface area contributed by atoms with E-state index in [1.165, 1.54) is 24.5 Å². The normalized spacial score (nSPS) is 14.9. The summed E-state index contributed by atoms with van der Waals surface area (Å²) in [7, 11) is -3.26. The quantitative estimate of drug-likeness (QED) is 0.576. The molecule has 2 aromatic carbocycles. The van der Waals surface area contributed by atoms with Gasteiger partial charge in [0.15, 0.2) is 20.8 Å². The lowest BCUT2D eigenvalue weighted by Gasteiger charge is -2.34. The fraction of sp³-hybridized carbons (Fsp3) is 0.286. The Balaban J connectivity index is 1.45. The van der Waals surface area contributed by atoms with Gasteiger partial charge < -0.3 is 9.80 Å². The first-order chi connectivity index (χ1) is 14.2. The minimum Gasteiger partial charge on any atom is -0.345 e. The van der Waals surface area contributed by atoms with Crippen molar-refractivity contribution < 1.29 is 18.0 Å². The van der Waals surface area contributed by atoms with Crippen LogP contribution in [-0.4, -0.2) is 62.4 Å². The van der Waals surface area contributed by atoms with Gasteiger partial charge in [-0.3, -0.25) is 9.59 Å². The van der Waals surface area contributed by atoms with Crippen molar-refractivity contribution in [1.29, 1.82) is 0 Å². The van der Waals surface area contributed by atoms with Crippen LogP contribution in [0.1, 0.15) is 27.6 Å². The predicted molar refractivity (Wildman–Crippen MR) is 117 cm³/mol. The molecule has 4 rings (SSSR count). The summed E-state index contributed by atoms with van der Waals surface area (Å²) in [6.45, 7) is 3.93. The average Bonchev–Trinajstić information content (AvgIpc) is 3.16. The van der Waals surface area contributed by atoms with Gasteiger partial charge in [0.05, 0.1) is 15.1 Å². The maximum Gasteiger partial charge on any atom is 0.253 e. The fourth-order valence-corrected chi connectivity index (χ4v) is 5.17. The number of rotatable bonds is 4. The van der Waals surface area contributed by atoms with Crippen molar-refractivity contribution >= 4 is 48.2 Å². The van der Waals surface area contributed by atoms with Gasteiger partial charge in [0.1, 0.15) is 0 Å². The number of Topliss-reactive ketones (excluding diaryl/α,β-unsaturated/α-hetero) is 1. The molecule has 0 aliphatic carbocycles. The number of carbonyl (C=O) groups is 2. The molecule has 7 nitrogen and oxygen atoms in total. The highest BCUT2D eigenvalue weighted by Crippen LogP contribution is 2.31. The largest absolute Gasteiger partial charge is 0.345 e. The second kappa shape index (κ2) is 7.81. The Morgan fingerprint density at radius 2 is 1.60 bits per heavy atom. The molecule has 156 valence electrons. The zero-order valence-electron chi connectivity index (χ0n) is 16.7. The van der Waals surface area contributed by atoms with Crippen LogP contribution in [0.15, 0.2) is 47.4 Å². The van der Waals surface area contributed by atoms with Gasteiger partial charge >= 0.3 is 0 Å². The van der Waals surface area contributed by atoms with E-state index in [4.69, 9.17) is 0 Å². The van der Waals surface area contributed by atoms with E-state index in [0.29, 0.717) is 37.3 Å². The third kappa shape index (κ3) is 4.08. The number of carbonyl (C=O) groups excluding carboxylic acids is 2. The number of nitrogens with zero attached hydrogens (tertiary/aromatic N) is 3. The molecule has 1 aliphatic rings. The molecule has 0 saturated carbocycles. The van der Waals surface area contributed by atoms with Gasteiger partial charge in [-0.15, -0.1) is 0 Å². The number of anilines is 1. The first-order valence-electron chi connectivity index (χ1n) is 9.48. The fourth-order valence-electron chi connectivity index (χ4n) is 3.39. The van der Waals surface area contributed by atoms with Gasteiger partial charge in [-0.25, -0.2) is 13.4 Å².